The predicted molar refractivity (Wildman–Crippen MR) is 124 cm³/mol. The molecule has 1 unspecified atom stereocenters. The van der Waals surface area contributed by atoms with Gasteiger partial charge < -0.3 is 15.0 Å². The zero-order valence-electron chi connectivity index (χ0n) is 17.5. The molecular weight excluding hydrogens is 426 g/mol. The summed E-state index contributed by atoms with van der Waals surface area (Å²) in [5, 5.41) is 3.31. The van der Waals surface area contributed by atoms with Crippen molar-refractivity contribution in [2.24, 2.45) is 0 Å². The van der Waals surface area contributed by atoms with Crippen molar-refractivity contribution < 1.29 is 13.9 Å². The Morgan fingerprint density at radius 2 is 2.03 bits per heavy atom. The Bertz CT molecular complexity index is 887. The van der Waals surface area contributed by atoms with Gasteiger partial charge in [0.1, 0.15) is 5.83 Å². The Morgan fingerprint density at radius 1 is 1.33 bits per heavy atom. The summed E-state index contributed by atoms with van der Waals surface area (Å²) in [7, 11) is 1.97. The SMILES string of the molecule is C=C(Cl)/C(Cl)=C(\C(=C)F)C1(Nc2ccc(/C=C\N(C)C(C)C)c(C=O)c2)CCOC1. The van der Waals surface area contributed by atoms with Gasteiger partial charge in [-0.15, -0.1) is 0 Å². The zero-order chi connectivity index (χ0) is 22.5. The lowest BCUT2D eigenvalue weighted by Crippen LogP contribution is -2.42. The first-order valence-corrected chi connectivity index (χ1v) is 10.3. The van der Waals surface area contributed by atoms with Crippen molar-refractivity contribution in [3.8, 4) is 0 Å². The van der Waals surface area contributed by atoms with Crippen molar-refractivity contribution in [3.05, 3.63) is 70.1 Å². The van der Waals surface area contributed by atoms with Crippen LogP contribution in [0.1, 0.15) is 36.2 Å². The number of hydrogen-bond acceptors (Lipinski definition) is 4. The Morgan fingerprint density at radius 3 is 2.53 bits per heavy atom. The summed E-state index contributed by atoms with van der Waals surface area (Å²) in [6.45, 7) is 11.7. The molecule has 0 aromatic heterocycles. The number of nitrogens with zero attached hydrogens (tertiary/aromatic N) is 1. The minimum Gasteiger partial charge on any atom is -0.379 e. The molecule has 1 aromatic carbocycles. The van der Waals surface area contributed by atoms with Gasteiger partial charge in [0, 0.05) is 42.9 Å². The maximum absolute atomic E-state index is 14.4. The third-order valence-corrected chi connectivity index (χ3v) is 5.83. The molecule has 4 nitrogen and oxygen atoms in total. The van der Waals surface area contributed by atoms with Gasteiger partial charge in [-0.25, -0.2) is 4.39 Å². The van der Waals surface area contributed by atoms with Crippen molar-refractivity contribution in [1.82, 2.24) is 4.90 Å². The van der Waals surface area contributed by atoms with E-state index in [1.165, 1.54) is 0 Å². The van der Waals surface area contributed by atoms with Crippen LogP contribution in [0.25, 0.3) is 6.08 Å². The van der Waals surface area contributed by atoms with Crippen LogP contribution in [0.5, 0.6) is 0 Å². The average molecular weight is 453 g/mol. The van der Waals surface area contributed by atoms with E-state index in [0.717, 1.165) is 11.8 Å². The molecule has 0 saturated carbocycles. The number of carbonyl (C=O) groups excluding carboxylic acids is 1. The molecular formula is C23H27Cl2FN2O2. The van der Waals surface area contributed by atoms with Gasteiger partial charge in [0.2, 0.25) is 0 Å². The first-order chi connectivity index (χ1) is 14.1. The number of halogens is 3. The molecule has 2 rings (SSSR count). The lowest BCUT2D eigenvalue weighted by Gasteiger charge is -2.33. The lowest BCUT2D eigenvalue weighted by molar-refractivity contribution is 0.112. The lowest BCUT2D eigenvalue weighted by atomic mass is 9.86. The van der Waals surface area contributed by atoms with Crippen molar-refractivity contribution in [3.63, 3.8) is 0 Å². The van der Waals surface area contributed by atoms with E-state index >= 15 is 0 Å². The number of hydrogen-bond donors (Lipinski definition) is 1. The van der Waals surface area contributed by atoms with Crippen LogP contribution in [0.15, 0.2) is 59.0 Å². The molecule has 1 N–H and O–H groups in total. The van der Waals surface area contributed by atoms with Crippen LogP contribution >= 0.6 is 23.2 Å². The minimum atomic E-state index is -0.976. The van der Waals surface area contributed by atoms with Crippen LogP contribution in [0.4, 0.5) is 10.1 Å². The highest BCUT2D eigenvalue weighted by Crippen LogP contribution is 2.40. The molecule has 30 heavy (non-hydrogen) atoms. The van der Waals surface area contributed by atoms with Gasteiger partial charge in [-0.3, -0.25) is 4.79 Å². The Balaban J connectivity index is 2.43. The number of carbonyl (C=O) groups is 1. The van der Waals surface area contributed by atoms with Crippen molar-refractivity contribution in [2.45, 2.75) is 31.8 Å². The van der Waals surface area contributed by atoms with Crippen LogP contribution < -0.4 is 5.32 Å². The molecule has 1 aliphatic heterocycles. The number of nitrogens with one attached hydrogen (secondary N) is 1. The molecule has 0 radical (unpaired) electrons. The highest BCUT2D eigenvalue weighted by Gasteiger charge is 2.42. The number of benzene rings is 1. The van der Waals surface area contributed by atoms with Gasteiger partial charge in [0.25, 0.3) is 0 Å². The standard InChI is InChI=1S/C23H27Cl2FN2O2/c1-15(2)28(5)10-8-18-6-7-20(12-19(18)13-29)27-23(9-11-30-14-23)21(17(4)26)22(25)16(3)24/h6-8,10,12-13,15,27H,3-4,9,11,14H2,1-2,5H3/b10-8-,22-21-. The number of allylic oxidation sites excluding steroid dienone is 2. The summed E-state index contributed by atoms with van der Waals surface area (Å²) < 4.78 is 20.0. The zero-order valence-corrected chi connectivity index (χ0v) is 19.0. The maximum atomic E-state index is 14.4. The first kappa shape index (κ1) is 24.2. The third kappa shape index (κ3) is 5.54. The Kier molecular flexibility index (Phi) is 8.30. The van der Waals surface area contributed by atoms with Crippen LogP contribution in [0, 0.1) is 0 Å². The minimum absolute atomic E-state index is 0.00551. The molecule has 0 amide bonds. The topological polar surface area (TPSA) is 41.6 Å². The van der Waals surface area contributed by atoms with Crippen LogP contribution in [0.3, 0.4) is 0 Å². The van der Waals surface area contributed by atoms with E-state index in [4.69, 9.17) is 27.9 Å². The van der Waals surface area contributed by atoms with Gasteiger partial charge in [0.05, 0.1) is 22.2 Å². The van der Waals surface area contributed by atoms with Crippen LogP contribution in [0.2, 0.25) is 0 Å². The number of aldehydes is 1. The number of anilines is 1. The molecule has 162 valence electrons. The molecule has 0 aliphatic carbocycles. The van der Waals surface area contributed by atoms with E-state index in [2.05, 4.69) is 32.3 Å². The van der Waals surface area contributed by atoms with Gasteiger partial charge in [-0.2, -0.15) is 0 Å². The fraction of sp³-hybridized carbons (Fsp3) is 0.348. The number of rotatable bonds is 9. The summed E-state index contributed by atoms with van der Waals surface area (Å²) >= 11 is 12.2. The van der Waals surface area contributed by atoms with Crippen molar-refractivity contribution in [1.29, 1.82) is 0 Å². The summed E-state index contributed by atoms with van der Waals surface area (Å²) in [5.74, 6) is -0.716. The Hall–Kier alpha value is -2.08. The quantitative estimate of drug-likeness (QED) is 0.362. The van der Waals surface area contributed by atoms with Crippen LogP contribution in [-0.4, -0.2) is 43.0 Å². The second-order valence-corrected chi connectivity index (χ2v) is 8.38. The molecule has 1 fully saturated rings. The van der Waals surface area contributed by atoms with Crippen molar-refractivity contribution >= 4 is 41.3 Å². The summed E-state index contributed by atoms with van der Waals surface area (Å²) in [5.41, 5.74) is 1.03. The molecule has 0 bridgehead atoms. The molecule has 1 heterocycles. The highest BCUT2D eigenvalue weighted by molar-refractivity contribution is 6.44. The van der Waals surface area contributed by atoms with E-state index < -0.39 is 11.4 Å². The molecule has 0 spiro atoms. The van der Waals surface area contributed by atoms with E-state index in [1.807, 2.05) is 36.4 Å². The molecule has 1 saturated heterocycles. The summed E-state index contributed by atoms with van der Waals surface area (Å²) in [4.78, 5) is 13.7. The van der Waals surface area contributed by atoms with Gasteiger partial charge >= 0.3 is 0 Å². The fourth-order valence-corrected chi connectivity index (χ4v) is 3.58. The van der Waals surface area contributed by atoms with Crippen molar-refractivity contribution in [2.75, 3.05) is 25.6 Å². The number of ether oxygens (including phenoxy) is 1. The molecule has 1 atom stereocenters. The highest BCUT2D eigenvalue weighted by atomic mass is 35.5. The van der Waals surface area contributed by atoms with Crippen LogP contribution in [-0.2, 0) is 4.74 Å². The molecule has 7 heteroatoms. The second-order valence-electron chi connectivity index (χ2n) is 7.54. The summed E-state index contributed by atoms with van der Waals surface area (Å²) in [6, 6.07) is 5.70. The maximum Gasteiger partial charge on any atom is 0.150 e. The molecule has 1 aromatic rings. The second kappa shape index (κ2) is 10.3. The first-order valence-electron chi connectivity index (χ1n) is 9.56. The monoisotopic (exact) mass is 452 g/mol. The third-order valence-electron chi connectivity index (χ3n) is 5.13. The molecule has 1 aliphatic rings. The van der Waals surface area contributed by atoms with Gasteiger partial charge in [-0.05, 0) is 43.8 Å². The van der Waals surface area contributed by atoms with E-state index in [1.54, 1.807) is 6.07 Å². The predicted octanol–water partition coefficient (Wildman–Crippen LogP) is 6.11. The Labute approximate surface area is 187 Å². The average Bonchev–Trinajstić information content (AvgIpc) is 3.14. The summed E-state index contributed by atoms with van der Waals surface area (Å²) in [6.07, 6.45) is 5.04. The van der Waals surface area contributed by atoms with E-state index in [9.17, 15) is 9.18 Å². The van der Waals surface area contributed by atoms with E-state index in [0.29, 0.717) is 30.3 Å². The fourth-order valence-electron chi connectivity index (χ4n) is 3.20. The normalized spacial score (nSPS) is 19.7. The van der Waals surface area contributed by atoms with Gasteiger partial charge in [0.15, 0.2) is 6.29 Å². The van der Waals surface area contributed by atoms with Gasteiger partial charge in [-0.1, -0.05) is 42.4 Å². The largest absolute Gasteiger partial charge is 0.379 e. The smallest absolute Gasteiger partial charge is 0.150 e. The van der Waals surface area contributed by atoms with E-state index in [-0.39, 0.29) is 22.2 Å².